The molecule has 1 saturated heterocycles. The van der Waals surface area contributed by atoms with E-state index in [1.54, 1.807) is 12.3 Å². The number of aliphatic hydroxyl groups is 1. The van der Waals surface area contributed by atoms with Crippen LogP contribution in [-0.2, 0) is 11.3 Å². The van der Waals surface area contributed by atoms with Crippen molar-refractivity contribution in [3.63, 3.8) is 0 Å². The van der Waals surface area contributed by atoms with Gasteiger partial charge in [-0.05, 0) is 56.4 Å². The van der Waals surface area contributed by atoms with E-state index in [1.807, 2.05) is 24.3 Å². The minimum absolute atomic E-state index is 0.151. The number of benzene rings is 1. The fourth-order valence-corrected chi connectivity index (χ4v) is 4.76. The Morgan fingerprint density at radius 3 is 2.29 bits per heavy atom. The number of hydrogen-bond acceptors (Lipinski definition) is 8. The lowest BCUT2D eigenvalue weighted by Crippen LogP contribution is -2.60. The summed E-state index contributed by atoms with van der Waals surface area (Å²) in [6.07, 6.45) is 5.88. The number of hydrogen-bond donors (Lipinski definition) is 5. The highest BCUT2D eigenvalue weighted by Crippen LogP contribution is 2.18. The molecule has 2 heterocycles. The summed E-state index contributed by atoms with van der Waals surface area (Å²) in [6.45, 7) is 2.97. The summed E-state index contributed by atoms with van der Waals surface area (Å²) < 4.78 is 1.42. The molecule has 12 nitrogen and oxygen atoms in total. The fraction of sp³-hybridized carbons (Fsp3) is 0.538. The van der Waals surface area contributed by atoms with Crippen molar-refractivity contribution in [2.45, 2.75) is 56.8 Å². The molecule has 0 radical (unpaired) electrons. The first-order valence-corrected chi connectivity index (χ1v) is 13.1. The standard InChI is InChI=1S/C26H38N8O4/c1-26(28,17-35)23(36)32-12-14-33(15-13-32)24(37)30-22-10-11-34(25(38)31-22)21-8-2-18(3-9-21)16-29-20-6-4-19(27)5-7-20/h2-3,8-11,19-20,29,35H,4-7,12-17,27-28H2,1H3,(H,30,31,37,38)/t19?,20?,26-/m0/s1. The summed E-state index contributed by atoms with van der Waals surface area (Å²) in [4.78, 5) is 44.8. The lowest BCUT2D eigenvalue weighted by Gasteiger charge is -2.37. The van der Waals surface area contributed by atoms with Crippen LogP contribution in [0.3, 0.4) is 0 Å². The van der Waals surface area contributed by atoms with Gasteiger partial charge in [0.1, 0.15) is 11.4 Å². The molecule has 206 valence electrons. The Morgan fingerprint density at radius 2 is 1.68 bits per heavy atom. The van der Waals surface area contributed by atoms with Crippen molar-refractivity contribution in [2.75, 3.05) is 38.1 Å². The number of anilines is 1. The average molecular weight is 527 g/mol. The van der Waals surface area contributed by atoms with Crippen LogP contribution in [0.1, 0.15) is 38.2 Å². The quantitative estimate of drug-likeness (QED) is 0.335. The van der Waals surface area contributed by atoms with Crippen LogP contribution in [0.5, 0.6) is 0 Å². The molecule has 4 rings (SSSR count). The van der Waals surface area contributed by atoms with Gasteiger partial charge in [-0.1, -0.05) is 12.1 Å². The van der Waals surface area contributed by atoms with Gasteiger partial charge in [0.15, 0.2) is 0 Å². The lowest BCUT2D eigenvalue weighted by atomic mass is 9.92. The molecule has 2 aliphatic rings. The maximum Gasteiger partial charge on any atom is 0.354 e. The van der Waals surface area contributed by atoms with Gasteiger partial charge in [-0.3, -0.25) is 14.7 Å². The first-order valence-electron chi connectivity index (χ1n) is 13.1. The van der Waals surface area contributed by atoms with Crippen LogP contribution in [0.15, 0.2) is 41.3 Å². The second-order valence-corrected chi connectivity index (χ2v) is 10.4. The molecule has 3 amide bonds. The highest BCUT2D eigenvalue weighted by molar-refractivity contribution is 5.89. The SMILES string of the molecule is C[C@](N)(CO)C(=O)N1CCN(C(=O)Nc2ccn(-c3ccc(CNC4CCC(N)CC4)cc3)c(=O)n2)CC1. The smallest absolute Gasteiger partial charge is 0.354 e. The molecule has 12 heteroatoms. The number of amides is 3. The van der Waals surface area contributed by atoms with Crippen LogP contribution in [-0.4, -0.2) is 86.8 Å². The number of urea groups is 1. The van der Waals surface area contributed by atoms with E-state index >= 15 is 0 Å². The van der Waals surface area contributed by atoms with E-state index in [-0.39, 0.29) is 11.7 Å². The van der Waals surface area contributed by atoms with Gasteiger partial charge < -0.3 is 31.7 Å². The molecule has 2 aromatic rings. The normalized spacial score (nSPS) is 21.6. The van der Waals surface area contributed by atoms with Gasteiger partial charge in [-0.2, -0.15) is 4.98 Å². The Balaban J connectivity index is 1.29. The summed E-state index contributed by atoms with van der Waals surface area (Å²) in [5, 5.41) is 15.6. The molecule has 1 aromatic carbocycles. The molecular weight excluding hydrogens is 488 g/mol. The van der Waals surface area contributed by atoms with Crippen molar-refractivity contribution >= 4 is 17.8 Å². The zero-order chi connectivity index (χ0) is 27.3. The largest absolute Gasteiger partial charge is 0.394 e. The lowest BCUT2D eigenvalue weighted by molar-refractivity contribution is -0.139. The number of rotatable bonds is 7. The van der Waals surface area contributed by atoms with E-state index in [0.717, 1.165) is 37.8 Å². The van der Waals surface area contributed by atoms with E-state index in [9.17, 15) is 19.5 Å². The van der Waals surface area contributed by atoms with Crippen LogP contribution in [0.25, 0.3) is 5.69 Å². The van der Waals surface area contributed by atoms with Crippen LogP contribution in [0, 0.1) is 0 Å². The molecule has 1 aromatic heterocycles. The molecular formula is C26H38N8O4. The van der Waals surface area contributed by atoms with Gasteiger partial charge in [-0.25, -0.2) is 9.59 Å². The van der Waals surface area contributed by atoms with Gasteiger partial charge in [-0.15, -0.1) is 0 Å². The van der Waals surface area contributed by atoms with Crippen molar-refractivity contribution in [2.24, 2.45) is 11.5 Å². The number of aliphatic hydroxyl groups excluding tert-OH is 1. The van der Waals surface area contributed by atoms with E-state index in [4.69, 9.17) is 11.5 Å². The maximum atomic E-state index is 12.7. The molecule has 0 spiro atoms. The second-order valence-electron chi connectivity index (χ2n) is 10.4. The Kier molecular flexibility index (Phi) is 8.77. The first-order chi connectivity index (χ1) is 18.2. The highest BCUT2D eigenvalue weighted by Gasteiger charge is 2.34. The molecule has 1 aliphatic heterocycles. The van der Waals surface area contributed by atoms with Gasteiger partial charge in [0.2, 0.25) is 5.91 Å². The highest BCUT2D eigenvalue weighted by atomic mass is 16.3. The minimum Gasteiger partial charge on any atom is -0.394 e. The zero-order valence-electron chi connectivity index (χ0n) is 21.8. The van der Waals surface area contributed by atoms with E-state index in [1.165, 1.54) is 21.3 Å². The maximum absolute atomic E-state index is 12.7. The van der Waals surface area contributed by atoms with Crippen LogP contribution >= 0.6 is 0 Å². The minimum atomic E-state index is -1.35. The van der Waals surface area contributed by atoms with Crippen molar-refractivity contribution in [3.05, 3.63) is 52.6 Å². The number of nitrogens with zero attached hydrogens (tertiary/aromatic N) is 4. The molecule has 1 atom stereocenters. The predicted octanol–water partition coefficient (Wildman–Crippen LogP) is -0.0222. The van der Waals surface area contributed by atoms with Crippen LogP contribution in [0.2, 0.25) is 0 Å². The predicted molar refractivity (Wildman–Crippen MR) is 144 cm³/mol. The van der Waals surface area contributed by atoms with Crippen molar-refractivity contribution < 1.29 is 14.7 Å². The van der Waals surface area contributed by atoms with Crippen molar-refractivity contribution in [1.29, 1.82) is 0 Å². The van der Waals surface area contributed by atoms with Crippen molar-refractivity contribution in [1.82, 2.24) is 24.7 Å². The molecule has 1 aliphatic carbocycles. The van der Waals surface area contributed by atoms with Gasteiger partial charge >= 0.3 is 11.7 Å². The summed E-state index contributed by atoms with van der Waals surface area (Å²) in [5.74, 6) is -0.207. The number of nitrogens with two attached hydrogens (primary N) is 2. The van der Waals surface area contributed by atoms with Gasteiger partial charge in [0, 0.05) is 51.0 Å². The molecule has 0 unspecified atom stereocenters. The molecule has 1 saturated carbocycles. The fourth-order valence-electron chi connectivity index (χ4n) is 4.76. The summed E-state index contributed by atoms with van der Waals surface area (Å²) >= 11 is 0. The van der Waals surface area contributed by atoms with Crippen LogP contribution in [0.4, 0.5) is 10.6 Å². The Bertz CT molecular complexity index is 1170. The Hall–Kier alpha value is -3.32. The Morgan fingerprint density at radius 1 is 1.05 bits per heavy atom. The average Bonchev–Trinajstić information content (AvgIpc) is 2.93. The van der Waals surface area contributed by atoms with Gasteiger partial charge in [0.05, 0.1) is 12.3 Å². The first kappa shape index (κ1) is 27.7. The van der Waals surface area contributed by atoms with Gasteiger partial charge in [0.25, 0.3) is 0 Å². The van der Waals surface area contributed by atoms with E-state index < -0.39 is 23.9 Å². The summed E-state index contributed by atoms with van der Waals surface area (Å²) in [6, 6.07) is 9.70. The second kappa shape index (κ2) is 12.0. The number of carbonyl (C=O) groups excluding carboxylic acids is 2. The number of carbonyl (C=O) groups is 2. The number of aromatic nitrogens is 2. The molecule has 2 fully saturated rings. The third-order valence-electron chi connectivity index (χ3n) is 7.29. The molecule has 7 N–H and O–H groups in total. The van der Waals surface area contributed by atoms with E-state index in [2.05, 4.69) is 15.6 Å². The monoisotopic (exact) mass is 526 g/mol. The Labute approximate surface area is 222 Å². The topological polar surface area (TPSA) is 172 Å². The third-order valence-corrected chi connectivity index (χ3v) is 7.29. The number of piperazine rings is 1. The molecule has 0 bridgehead atoms. The van der Waals surface area contributed by atoms with Crippen molar-refractivity contribution in [3.8, 4) is 5.69 Å². The zero-order valence-corrected chi connectivity index (χ0v) is 21.8. The summed E-state index contributed by atoms with van der Waals surface area (Å²) in [5.41, 5.74) is 11.8. The summed E-state index contributed by atoms with van der Waals surface area (Å²) in [7, 11) is 0. The third kappa shape index (κ3) is 6.76. The van der Waals surface area contributed by atoms with Crippen LogP contribution < -0.4 is 27.8 Å². The van der Waals surface area contributed by atoms with E-state index in [0.29, 0.717) is 44.0 Å². The molecule has 38 heavy (non-hydrogen) atoms. The number of nitrogens with one attached hydrogen (secondary N) is 2.